The van der Waals surface area contributed by atoms with Crippen molar-refractivity contribution in [2.45, 2.75) is 6.92 Å². The maximum absolute atomic E-state index is 10.8. The van der Waals surface area contributed by atoms with Crippen LogP contribution in [0, 0.1) is 11.8 Å². The van der Waals surface area contributed by atoms with Gasteiger partial charge in [0.1, 0.15) is 0 Å². The molecule has 1 unspecified atom stereocenters. The predicted octanol–water partition coefficient (Wildman–Crippen LogP) is 0.642. The molecule has 92 valence electrons. The van der Waals surface area contributed by atoms with E-state index in [1.54, 1.807) is 26.4 Å². The SMILES string of the molecule is COc1cncc(N2CC(C(C)C(=O)O)C2)n1. The minimum atomic E-state index is -0.744. The highest BCUT2D eigenvalue weighted by Crippen LogP contribution is 2.28. The molecule has 1 aromatic rings. The molecule has 1 aliphatic rings. The third-order valence-corrected chi connectivity index (χ3v) is 3.14. The molecule has 6 nitrogen and oxygen atoms in total. The number of aromatic nitrogens is 2. The molecule has 1 fully saturated rings. The van der Waals surface area contributed by atoms with Crippen molar-refractivity contribution < 1.29 is 14.6 Å². The van der Waals surface area contributed by atoms with Gasteiger partial charge >= 0.3 is 5.97 Å². The van der Waals surface area contributed by atoms with Crippen LogP contribution in [0.25, 0.3) is 0 Å². The van der Waals surface area contributed by atoms with E-state index < -0.39 is 5.97 Å². The molecule has 0 saturated carbocycles. The van der Waals surface area contributed by atoms with Gasteiger partial charge in [0.05, 0.1) is 25.4 Å². The Morgan fingerprint density at radius 1 is 1.59 bits per heavy atom. The smallest absolute Gasteiger partial charge is 0.306 e. The summed E-state index contributed by atoms with van der Waals surface area (Å²) >= 11 is 0. The maximum Gasteiger partial charge on any atom is 0.306 e. The van der Waals surface area contributed by atoms with E-state index in [1.807, 2.05) is 4.90 Å². The van der Waals surface area contributed by atoms with Crippen molar-refractivity contribution in [1.82, 2.24) is 9.97 Å². The van der Waals surface area contributed by atoms with Gasteiger partial charge in [0, 0.05) is 19.0 Å². The highest BCUT2D eigenvalue weighted by atomic mass is 16.5. The molecular weight excluding hydrogens is 222 g/mol. The first-order valence-corrected chi connectivity index (χ1v) is 5.45. The number of methoxy groups -OCH3 is 1. The summed E-state index contributed by atoms with van der Waals surface area (Å²) in [6.07, 6.45) is 3.20. The van der Waals surface area contributed by atoms with E-state index in [0.29, 0.717) is 19.0 Å². The van der Waals surface area contributed by atoms with Crippen LogP contribution in [0.5, 0.6) is 5.88 Å². The molecule has 1 N–H and O–H groups in total. The van der Waals surface area contributed by atoms with Crippen LogP contribution in [0.4, 0.5) is 5.82 Å². The van der Waals surface area contributed by atoms with Gasteiger partial charge in [-0.05, 0) is 0 Å². The van der Waals surface area contributed by atoms with Crippen molar-refractivity contribution in [3.05, 3.63) is 12.4 Å². The fraction of sp³-hybridized carbons (Fsp3) is 0.545. The predicted molar refractivity (Wildman–Crippen MR) is 61.1 cm³/mol. The van der Waals surface area contributed by atoms with Gasteiger partial charge < -0.3 is 14.7 Å². The second-order valence-corrected chi connectivity index (χ2v) is 4.21. The minimum Gasteiger partial charge on any atom is -0.481 e. The third-order valence-electron chi connectivity index (χ3n) is 3.14. The van der Waals surface area contributed by atoms with Gasteiger partial charge in [-0.15, -0.1) is 0 Å². The number of aliphatic carboxylic acids is 1. The van der Waals surface area contributed by atoms with Gasteiger partial charge in [-0.25, -0.2) is 0 Å². The second-order valence-electron chi connectivity index (χ2n) is 4.21. The lowest BCUT2D eigenvalue weighted by Crippen LogP contribution is -2.51. The number of anilines is 1. The summed E-state index contributed by atoms with van der Waals surface area (Å²) in [6.45, 7) is 3.15. The number of carboxylic acid groups (broad SMARTS) is 1. The normalized spacial score (nSPS) is 17.4. The average Bonchev–Trinajstić information content (AvgIpc) is 2.27. The molecule has 1 aliphatic heterocycles. The quantitative estimate of drug-likeness (QED) is 0.828. The summed E-state index contributed by atoms with van der Waals surface area (Å²) in [5.74, 6) is 0.326. The van der Waals surface area contributed by atoms with Crippen LogP contribution in [0.15, 0.2) is 12.4 Å². The van der Waals surface area contributed by atoms with Gasteiger partial charge in [0.25, 0.3) is 0 Å². The molecule has 0 aliphatic carbocycles. The van der Waals surface area contributed by atoms with Gasteiger partial charge in [0.2, 0.25) is 5.88 Å². The molecule has 6 heteroatoms. The number of carboxylic acids is 1. The zero-order valence-corrected chi connectivity index (χ0v) is 9.83. The molecule has 0 bridgehead atoms. The van der Waals surface area contributed by atoms with Crippen LogP contribution < -0.4 is 9.64 Å². The van der Waals surface area contributed by atoms with Crippen molar-refractivity contribution >= 4 is 11.8 Å². The Hall–Kier alpha value is -1.85. The highest BCUT2D eigenvalue weighted by Gasteiger charge is 2.35. The van der Waals surface area contributed by atoms with Crippen molar-refractivity contribution in [3.63, 3.8) is 0 Å². The Kier molecular flexibility index (Phi) is 3.12. The first-order valence-electron chi connectivity index (χ1n) is 5.45. The average molecular weight is 237 g/mol. The van der Waals surface area contributed by atoms with Crippen LogP contribution in [-0.2, 0) is 4.79 Å². The number of hydrogen-bond acceptors (Lipinski definition) is 5. The molecule has 2 rings (SSSR count). The highest BCUT2D eigenvalue weighted by molar-refractivity contribution is 5.70. The summed E-state index contributed by atoms with van der Waals surface area (Å²) in [4.78, 5) is 21.1. The Labute approximate surface area is 99.2 Å². The lowest BCUT2D eigenvalue weighted by molar-refractivity contribution is -0.143. The van der Waals surface area contributed by atoms with E-state index in [2.05, 4.69) is 9.97 Å². The molecule has 0 radical (unpaired) electrons. The van der Waals surface area contributed by atoms with Crippen molar-refractivity contribution in [3.8, 4) is 5.88 Å². The minimum absolute atomic E-state index is 0.181. The standard InChI is InChI=1S/C11H15N3O3/c1-7(11(15)16)8-5-14(6-8)9-3-12-4-10(13-9)17-2/h3-4,7-8H,5-6H2,1-2H3,(H,15,16). The van der Waals surface area contributed by atoms with Gasteiger partial charge in [-0.2, -0.15) is 4.98 Å². The lowest BCUT2D eigenvalue weighted by Gasteiger charge is -2.41. The molecule has 1 saturated heterocycles. The first kappa shape index (κ1) is 11.6. The Morgan fingerprint density at radius 3 is 2.88 bits per heavy atom. The molecular formula is C11H15N3O3. The number of rotatable bonds is 4. The summed E-state index contributed by atoms with van der Waals surface area (Å²) in [5.41, 5.74) is 0. The fourth-order valence-corrected chi connectivity index (χ4v) is 1.81. The summed E-state index contributed by atoms with van der Waals surface area (Å²) in [5, 5.41) is 8.89. The van der Waals surface area contributed by atoms with Crippen LogP contribution >= 0.6 is 0 Å². The Morgan fingerprint density at radius 2 is 2.29 bits per heavy atom. The van der Waals surface area contributed by atoms with Gasteiger partial charge in [-0.3, -0.25) is 9.78 Å². The van der Waals surface area contributed by atoms with E-state index in [0.717, 1.165) is 5.82 Å². The second kappa shape index (κ2) is 4.57. The molecule has 1 atom stereocenters. The zero-order chi connectivity index (χ0) is 12.4. The molecule has 0 amide bonds. The van der Waals surface area contributed by atoms with E-state index >= 15 is 0 Å². The lowest BCUT2D eigenvalue weighted by atomic mass is 9.87. The van der Waals surface area contributed by atoms with Crippen molar-refractivity contribution in [2.75, 3.05) is 25.1 Å². The topological polar surface area (TPSA) is 75.5 Å². The summed E-state index contributed by atoms with van der Waals surface area (Å²) in [7, 11) is 1.54. The van der Waals surface area contributed by atoms with Crippen LogP contribution in [-0.4, -0.2) is 41.2 Å². The number of hydrogen-bond donors (Lipinski definition) is 1. The van der Waals surface area contributed by atoms with Gasteiger partial charge in [-0.1, -0.05) is 6.92 Å². The monoisotopic (exact) mass is 237 g/mol. The molecule has 2 heterocycles. The van der Waals surface area contributed by atoms with Crippen LogP contribution in [0.2, 0.25) is 0 Å². The van der Waals surface area contributed by atoms with Crippen LogP contribution in [0.3, 0.4) is 0 Å². The van der Waals surface area contributed by atoms with Crippen LogP contribution in [0.1, 0.15) is 6.92 Å². The van der Waals surface area contributed by atoms with E-state index in [4.69, 9.17) is 9.84 Å². The zero-order valence-electron chi connectivity index (χ0n) is 9.83. The molecule has 0 aromatic carbocycles. The summed E-state index contributed by atoms with van der Waals surface area (Å²) < 4.78 is 4.99. The molecule has 0 spiro atoms. The van der Waals surface area contributed by atoms with Crippen molar-refractivity contribution in [1.29, 1.82) is 0 Å². The van der Waals surface area contributed by atoms with Crippen molar-refractivity contribution in [2.24, 2.45) is 11.8 Å². The number of carbonyl (C=O) groups is 1. The van der Waals surface area contributed by atoms with E-state index in [1.165, 1.54) is 0 Å². The van der Waals surface area contributed by atoms with E-state index in [-0.39, 0.29) is 11.8 Å². The first-order chi connectivity index (χ1) is 8.11. The molecule has 1 aromatic heterocycles. The summed E-state index contributed by atoms with van der Waals surface area (Å²) in [6, 6.07) is 0. The molecule has 17 heavy (non-hydrogen) atoms. The Bertz CT molecular complexity index is 418. The van der Waals surface area contributed by atoms with E-state index in [9.17, 15) is 4.79 Å². The van der Waals surface area contributed by atoms with Gasteiger partial charge in [0.15, 0.2) is 5.82 Å². The Balaban J connectivity index is 1.97. The number of nitrogens with zero attached hydrogens (tertiary/aromatic N) is 3. The fourth-order valence-electron chi connectivity index (χ4n) is 1.81. The number of ether oxygens (including phenoxy) is 1. The largest absolute Gasteiger partial charge is 0.481 e. The maximum atomic E-state index is 10.8. The third kappa shape index (κ3) is 2.30.